The fourth-order valence-corrected chi connectivity index (χ4v) is 1.55. The summed E-state index contributed by atoms with van der Waals surface area (Å²) in [6.07, 6.45) is 0.134. The summed E-state index contributed by atoms with van der Waals surface area (Å²) < 4.78 is 15.3. The summed E-state index contributed by atoms with van der Waals surface area (Å²) in [5.41, 5.74) is 0. The molecule has 86 valence electrons. The first kappa shape index (κ1) is 12.0. The molecule has 1 heterocycles. The lowest BCUT2D eigenvalue weighted by Crippen LogP contribution is -2.30. The van der Waals surface area contributed by atoms with E-state index in [9.17, 15) is 9.59 Å². The highest BCUT2D eigenvalue weighted by Gasteiger charge is 2.38. The van der Waals surface area contributed by atoms with Gasteiger partial charge >= 0.3 is 11.9 Å². The summed E-state index contributed by atoms with van der Waals surface area (Å²) >= 11 is 0. The molecule has 0 N–H and O–H groups in total. The molecule has 1 rings (SSSR count). The summed E-state index contributed by atoms with van der Waals surface area (Å²) in [6.45, 7) is 4.59. The van der Waals surface area contributed by atoms with Crippen LogP contribution < -0.4 is 0 Å². The number of hydrogen-bond donors (Lipinski definition) is 0. The molecule has 0 bridgehead atoms. The average molecular weight is 216 g/mol. The van der Waals surface area contributed by atoms with Crippen LogP contribution in [0, 0.1) is 0 Å². The van der Waals surface area contributed by atoms with Crippen molar-refractivity contribution in [1.29, 1.82) is 0 Å². The highest BCUT2D eigenvalue weighted by atomic mass is 16.7. The Morgan fingerprint density at radius 3 is 2.33 bits per heavy atom. The van der Waals surface area contributed by atoms with Gasteiger partial charge in [-0.05, 0) is 6.42 Å². The Kier molecular flexibility index (Phi) is 4.08. The first-order valence-electron chi connectivity index (χ1n) is 5.02. The first-order chi connectivity index (χ1) is 7.02. The van der Waals surface area contributed by atoms with Crippen LogP contribution in [0.25, 0.3) is 0 Å². The number of carbonyl (C=O) groups excluding carboxylic acids is 2. The van der Waals surface area contributed by atoms with Crippen molar-refractivity contribution < 1.29 is 23.8 Å². The molecule has 3 atom stereocenters. The van der Waals surface area contributed by atoms with E-state index in [1.165, 1.54) is 13.8 Å². The van der Waals surface area contributed by atoms with E-state index in [4.69, 9.17) is 14.2 Å². The van der Waals surface area contributed by atoms with Gasteiger partial charge in [0.15, 0.2) is 6.10 Å². The van der Waals surface area contributed by atoms with Gasteiger partial charge in [0.2, 0.25) is 6.29 Å². The molecule has 0 aromatic rings. The van der Waals surface area contributed by atoms with Crippen LogP contribution in [0.5, 0.6) is 0 Å². The zero-order valence-corrected chi connectivity index (χ0v) is 9.19. The van der Waals surface area contributed by atoms with Gasteiger partial charge in [-0.2, -0.15) is 0 Å². The smallest absolute Gasteiger partial charge is 0.305 e. The van der Waals surface area contributed by atoms with Crippen LogP contribution in [-0.4, -0.2) is 30.4 Å². The van der Waals surface area contributed by atoms with Gasteiger partial charge in [-0.25, -0.2) is 0 Å². The Hall–Kier alpha value is -1.10. The lowest BCUT2D eigenvalue weighted by molar-refractivity contribution is -0.194. The molecule has 1 fully saturated rings. The van der Waals surface area contributed by atoms with Crippen LogP contribution in [0.2, 0.25) is 0 Å². The van der Waals surface area contributed by atoms with Crippen molar-refractivity contribution >= 4 is 11.9 Å². The lowest BCUT2D eigenvalue weighted by atomic mass is 10.1. The molecule has 5 heteroatoms. The molecule has 1 aliphatic rings. The van der Waals surface area contributed by atoms with E-state index >= 15 is 0 Å². The van der Waals surface area contributed by atoms with Gasteiger partial charge in [0, 0.05) is 20.3 Å². The highest BCUT2D eigenvalue weighted by molar-refractivity contribution is 5.67. The van der Waals surface area contributed by atoms with Crippen molar-refractivity contribution in [3.05, 3.63) is 0 Å². The van der Waals surface area contributed by atoms with Crippen molar-refractivity contribution in [1.82, 2.24) is 0 Å². The second-order valence-corrected chi connectivity index (χ2v) is 3.53. The summed E-state index contributed by atoms with van der Waals surface area (Å²) in [7, 11) is 0. The van der Waals surface area contributed by atoms with E-state index in [2.05, 4.69) is 0 Å². The number of carbonyl (C=O) groups is 2. The van der Waals surface area contributed by atoms with Gasteiger partial charge in [-0.15, -0.1) is 0 Å². The zero-order chi connectivity index (χ0) is 11.4. The molecule has 1 unspecified atom stereocenters. The first-order valence-corrected chi connectivity index (χ1v) is 5.02. The molecule has 1 saturated heterocycles. The predicted molar refractivity (Wildman–Crippen MR) is 50.9 cm³/mol. The topological polar surface area (TPSA) is 61.8 Å². The molecule has 0 aromatic heterocycles. The molecule has 15 heavy (non-hydrogen) atoms. The van der Waals surface area contributed by atoms with Crippen LogP contribution in [0.3, 0.4) is 0 Å². The largest absolute Gasteiger partial charge is 0.456 e. The van der Waals surface area contributed by atoms with Crippen LogP contribution in [0.1, 0.15) is 33.6 Å². The van der Waals surface area contributed by atoms with Crippen LogP contribution in [0.4, 0.5) is 0 Å². The second-order valence-electron chi connectivity index (χ2n) is 3.53. The fourth-order valence-electron chi connectivity index (χ4n) is 1.55. The molecule has 0 spiro atoms. The molecular weight excluding hydrogens is 200 g/mol. The Morgan fingerprint density at radius 1 is 1.27 bits per heavy atom. The van der Waals surface area contributed by atoms with E-state index in [1.807, 2.05) is 6.92 Å². The van der Waals surface area contributed by atoms with E-state index < -0.39 is 24.3 Å². The number of hydrogen-bond acceptors (Lipinski definition) is 5. The van der Waals surface area contributed by atoms with E-state index in [-0.39, 0.29) is 6.10 Å². The minimum atomic E-state index is -0.753. The highest BCUT2D eigenvalue weighted by Crippen LogP contribution is 2.26. The molecule has 0 aromatic carbocycles. The maximum Gasteiger partial charge on any atom is 0.305 e. The molecule has 0 amide bonds. The van der Waals surface area contributed by atoms with Crippen molar-refractivity contribution in [2.45, 2.75) is 52.1 Å². The molecule has 1 aliphatic heterocycles. The molecule has 0 saturated carbocycles. The maximum absolute atomic E-state index is 10.8. The van der Waals surface area contributed by atoms with Gasteiger partial charge in [-0.1, -0.05) is 6.92 Å². The van der Waals surface area contributed by atoms with Gasteiger partial charge in [-0.3, -0.25) is 9.59 Å². The van der Waals surface area contributed by atoms with Gasteiger partial charge in [0.05, 0.1) is 6.10 Å². The quantitative estimate of drug-likeness (QED) is 0.659. The SMILES string of the molecule is CC[C@@H]1C[C@@H](OC(C)=O)C(OC(C)=O)O1. The third-order valence-corrected chi connectivity index (χ3v) is 2.18. The monoisotopic (exact) mass is 216 g/mol. The predicted octanol–water partition coefficient (Wildman–Crippen LogP) is 1.01. The summed E-state index contributed by atoms with van der Waals surface area (Å²) in [5, 5.41) is 0. The summed E-state index contributed by atoms with van der Waals surface area (Å²) in [6, 6.07) is 0. The minimum absolute atomic E-state index is 0.0151. The fraction of sp³-hybridized carbons (Fsp3) is 0.800. The second kappa shape index (κ2) is 5.11. The van der Waals surface area contributed by atoms with Crippen molar-refractivity contribution in [3.8, 4) is 0 Å². The molecular formula is C10H16O5. The van der Waals surface area contributed by atoms with E-state index in [0.717, 1.165) is 6.42 Å². The van der Waals surface area contributed by atoms with Crippen molar-refractivity contribution in [2.75, 3.05) is 0 Å². The Morgan fingerprint density at radius 2 is 1.87 bits per heavy atom. The molecule has 0 radical (unpaired) electrons. The van der Waals surface area contributed by atoms with E-state index in [1.54, 1.807) is 0 Å². The standard InChI is InChI=1S/C10H16O5/c1-4-8-5-9(13-6(2)11)10(15-8)14-7(3)12/h8-10H,4-5H2,1-3H3/t8-,9-,10?/m1/s1. The van der Waals surface area contributed by atoms with Gasteiger partial charge in [0.1, 0.15) is 0 Å². The van der Waals surface area contributed by atoms with Crippen LogP contribution >= 0.6 is 0 Å². The normalized spacial score (nSPS) is 29.9. The van der Waals surface area contributed by atoms with Gasteiger partial charge < -0.3 is 14.2 Å². The van der Waals surface area contributed by atoms with Crippen LogP contribution in [0.15, 0.2) is 0 Å². The summed E-state index contributed by atoms with van der Waals surface area (Å²) in [5.74, 6) is -0.827. The van der Waals surface area contributed by atoms with Crippen molar-refractivity contribution in [2.24, 2.45) is 0 Å². The maximum atomic E-state index is 10.8. The number of rotatable bonds is 3. The Bertz CT molecular complexity index is 226. The Labute approximate surface area is 88.7 Å². The van der Waals surface area contributed by atoms with Crippen LogP contribution in [-0.2, 0) is 23.8 Å². The lowest BCUT2D eigenvalue weighted by Gasteiger charge is -2.17. The third kappa shape index (κ3) is 3.51. The number of esters is 2. The zero-order valence-electron chi connectivity index (χ0n) is 9.19. The number of ether oxygens (including phenoxy) is 3. The minimum Gasteiger partial charge on any atom is -0.456 e. The molecule has 5 nitrogen and oxygen atoms in total. The van der Waals surface area contributed by atoms with E-state index in [0.29, 0.717) is 6.42 Å². The third-order valence-electron chi connectivity index (χ3n) is 2.18. The Balaban J connectivity index is 2.56. The van der Waals surface area contributed by atoms with Crippen molar-refractivity contribution in [3.63, 3.8) is 0 Å². The van der Waals surface area contributed by atoms with Gasteiger partial charge in [0.25, 0.3) is 0 Å². The average Bonchev–Trinajstić information content (AvgIpc) is 2.46. The summed E-state index contributed by atoms with van der Waals surface area (Å²) in [4.78, 5) is 21.6. The molecule has 0 aliphatic carbocycles.